The highest BCUT2D eigenvalue weighted by atomic mass is 127. The Morgan fingerprint density at radius 3 is 2.23 bits per heavy atom. The first-order valence-corrected chi connectivity index (χ1v) is 11.3. The van der Waals surface area contributed by atoms with Crippen LogP contribution in [0.3, 0.4) is 0 Å². The second-order valence-corrected chi connectivity index (χ2v) is 8.54. The first kappa shape index (κ1) is 25.8. The fourth-order valence-electron chi connectivity index (χ4n) is 4.39. The summed E-state index contributed by atoms with van der Waals surface area (Å²) in [7, 11) is 5.25. The van der Waals surface area contributed by atoms with E-state index >= 15 is 0 Å². The van der Waals surface area contributed by atoms with Crippen molar-refractivity contribution in [1.82, 2.24) is 15.5 Å². The highest BCUT2D eigenvalue weighted by Crippen LogP contribution is 2.30. The molecule has 0 aromatic heterocycles. The van der Waals surface area contributed by atoms with Gasteiger partial charge in [0.2, 0.25) is 0 Å². The van der Waals surface area contributed by atoms with Crippen LogP contribution < -0.4 is 25.0 Å². The Morgan fingerprint density at radius 2 is 1.68 bits per heavy atom. The largest absolute Gasteiger partial charge is 0.497 e. The summed E-state index contributed by atoms with van der Waals surface area (Å²) >= 11 is 0. The lowest BCUT2D eigenvalue weighted by atomic mass is 10.0. The average Bonchev–Trinajstić information content (AvgIpc) is 3.29. The predicted molar refractivity (Wildman–Crippen MR) is 140 cm³/mol. The quantitative estimate of drug-likeness (QED) is 0.298. The van der Waals surface area contributed by atoms with Crippen LogP contribution in [0.5, 0.6) is 11.5 Å². The molecular formula is C23H40IN5O2. The fourth-order valence-corrected chi connectivity index (χ4v) is 4.39. The van der Waals surface area contributed by atoms with Gasteiger partial charge in [0.15, 0.2) is 5.96 Å². The molecule has 0 spiro atoms. The summed E-state index contributed by atoms with van der Waals surface area (Å²) in [5.41, 5.74) is 1.16. The summed E-state index contributed by atoms with van der Waals surface area (Å²) in [5.74, 6) is 3.20. The van der Waals surface area contributed by atoms with Gasteiger partial charge in [-0.3, -0.25) is 4.99 Å². The third kappa shape index (κ3) is 7.89. The highest BCUT2D eigenvalue weighted by molar-refractivity contribution is 14.0. The summed E-state index contributed by atoms with van der Waals surface area (Å²) in [6.07, 6.45) is 4.85. The van der Waals surface area contributed by atoms with E-state index in [1.165, 1.54) is 32.5 Å². The van der Waals surface area contributed by atoms with E-state index in [4.69, 9.17) is 9.47 Å². The number of likely N-dealkylation sites (tertiary alicyclic amines) is 1. The minimum Gasteiger partial charge on any atom is -0.497 e. The van der Waals surface area contributed by atoms with Gasteiger partial charge < -0.3 is 29.9 Å². The van der Waals surface area contributed by atoms with Gasteiger partial charge in [0.1, 0.15) is 11.5 Å². The van der Waals surface area contributed by atoms with Gasteiger partial charge in [-0.1, -0.05) is 6.92 Å². The Bertz CT molecular complexity index is 666. The number of halogens is 1. The number of hydrogen-bond donors (Lipinski definition) is 2. The van der Waals surface area contributed by atoms with E-state index in [0.717, 1.165) is 55.6 Å². The van der Waals surface area contributed by atoms with E-state index in [2.05, 4.69) is 44.5 Å². The monoisotopic (exact) mass is 545 g/mol. The molecule has 2 aliphatic heterocycles. The molecule has 1 aromatic carbocycles. The lowest BCUT2D eigenvalue weighted by Crippen LogP contribution is -2.49. The van der Waals surface area contributed by atoms with Crippen molar-refractivity contribution in [2.24, 2.45) is 10.9 Å². The third-order valence-corrected chi connectivity index (χ3v) is 6.15. The van der Waals surface area contributed by atoms with Crippen LogP contribution in [0.1, 0.15) is 32.6 Å². The second kappa shape index (κ2) is 13.2. The van der Waals surface area contributed by atoms with Gasteiger partial charge in [-0.2, -0.15) is 0 Å². The number of aliphatic imine (C=N–C) groups is 1. The maximum absolute atomic E-state index is 5.42. The number of ether oxygens (including phenoxy) is 2. The maximum Gasteiger partial charge on any atom is 0.191 e. The molecule has 7 nitrogen and oxygen atoms in total. The van der Waals surface area contributed by atoms with Crippen molar-refractivity contribution in [1.29, 1.82) is 0 Å². The molecule has 2 aliphatic rings. The molecule has 2 fully saturated rings. The number of benzene rings is 1. The van der Waals surface area contributed by atoms with Gasteiger partial charge in [-0.25, -0.2) is 0 Å². The van der Waals surface area contributed by atoms with Crippen molar-refractivity contribution in [3.63, 3.8) is 0 Å². The normalized spacial score (nSPS) is 19.0. The number of piperidine rings is 1. The van der Waals surface area contributed by atoms with Crippen molar-refractivity contribution in [3.8, 4) is 11.5 Å². The summed E-state index contributed by atoms with van der Waals surface area (Å²) in [6.45, 7) is 8.96. The zero-order valence-corrected chi connectivity index (χ0v) is 21.9. The number of nitrogens with one attached hydrogen (secondary N) is 2. The van der Waals surface area contributed by atoms with E-state index in [1.54, 1.807) is 14.2 Å². The molecule has 1 aromatic rings. The average molecular weight is 546 g/mol. The van der Waals surface area contributed by atoms with Crippen molar-refractivity contribution in [2.75, 3.05) is 65.4 Å². The molecule has 1 atom stereocenters. The zero-order valence-electron chi connectivity index (χ0n) is 19.5. The number of anilines is 1. The van der Waals surface area contributed by atoms with E-state index in [1.807, 2.05) is 13.1 Å². The Kier molecular flexibility index (Phi) is 11.0. The molecule has 0 bridgehead atoms. The molecular weight excluding hydrogens is 505 g/mol. The molecule has 3 rings (SSSR count). The van der Waals surface area contributed by atoms with Crippen LogP contribution in [-0.4, -0.2) is 77.4 Å². The van der Waals surface area contributed by atoms with Crippen molar-refractivity contribution < 1.29 is 9.47 Å². The van der Waals surface area contributed by atoms with Gasteiger partial charge in [0.05, 0.1) is 14.2 Å². The van der Waals surface area contributed by atoms with E-state index in [9.17, 15) is 0 Å². The topological polar surface area (TPSA) is 61.4 Å². The number of nitrogens with zero attached hydrogens (tertiary/aromatic N) is 3. The Labute approximate surface area is 205 Å². The van der Waals surface area contributed by atoms with Crippen LogP contribution in [0.25, 0.3) is 0 Å². The van der Waals surface area contributed by atoms with Crippen molar-refractivity contribution >= 4 is 35.6 Å². The molecule has 2 N–H and O–H groups in total. The molecule has 0 saturated carbocycles. The van der Waals surface area contributed by atoms with Crippen molar-refractivity contribution in [3.05, 3.63) is 18.2 Å². The summed E-state index contributed by atoms with van der Waals surface area (Å²) in [5, 5.41) is 7.15. The van der Waals surface area contributed by atoms with Gasteiger partial charge in [-0.05, 0) is 44.7 Å². The highest BCUT2D eigenvalue weighted by Gasteiger charge is 2.21. The van der Waals surface area contributed by atoms with Crippen LogP contribution in [0.2, 0.25) is 0 Å². The molecule has 176 valence electrons. The van der Waals surface area contributed by atoms with Crippen LogP contribution >= 0.6 is 24.0 Å². The molecule has 2 saturated heterocycles. The van der Waals surface area contributed by atoms with E-state index in [0.29, 0.717) is 12.0 Å². The maximum atomic E-state index is 5.42. The molecule has 0 amide bonds. The molecule has 31 heavy (non-hydrogen) atoms. The number of guanidine groups is 1. The van der Waals surface area contributed by atoms with E-state index in [-0.39, 0.29) is 24.0 Å². The number of methoxy groups -OCH3 is 2. The smallest absolute Gasteiger partial charge is 0.191 e. The van der Waals surface area contributed by atoms with Gasteiger partial charge in [-0.15, -0.1) is 24.0 Å². The molecule has 2 heterocycles. The zero-order chi connectivity index (χ0) is 21.3. The van der Waals surface area contributed by atoms with Gasteiger partial charge in [0.25, 0.3) is 0 Å². The number of rotatable bonds is 8. The third-order valence-electron chi connectivity index (χ3n) is 6.15. The Morgan fingerprint density at radius 1 is 1.06 bits per heavy atom. The first-order valence-electron chi connectivity index (χ1n) is 11.3. The minimum absolute atomic E-state index is 0. The molecule has 1 unspecified atom stereocenters. The summed E-state index contributed by atoms with van der Waals surface area (Å²) in [4.78, 5) is 9.42. The lowest BCUT2D eigenvalue weighted by Gasteiger charge is -2.35. The Balaban J connectivity index is 0.00000341. The lowest BCUT2D eigenvalue weighted by molar-refractivity contribution is 0.287. The fraction of sp³-hybridized carbons (Fsp3) is 0.696. The van der Waals surface area contributed by atoms with Crippen molar-refractivity contribution in [2.45, 2.75) is 38.6 Å². The minimum atomic E-state index is 0. The molecule has 0 aliphatic carbocycles. The Hall–Kier alpha value is -1.42. The summed E-state index contributed by atoms with van der Waals surface area (Å²) in [6, 6.07) is 6.52. The van der Waals surface area contributed by atoms with Crippen LogP contribution in [0.15, 0.2) is 23.2 Å². The van der Waals surface area contributed by atoms with Crippen LogP contribution in [-0.2, 0) is 0 Å². The van der Waals surface area contributed by atoms with Crippen LogP contribution in [0, 0.1) is 5.92 Å². The van der Waals surface area contributed by atoms with Gasteiger partial charge in [0, 0.05) is 63.2 Å². The SMILES string of the molecule is CN=C(NCC(C)CN1CCCC1)NC1CCN(c2cc(OC)cc(OC)c2)CC1.I. The standard InChI is InChI=1S/C23H39N5O2.HI/c1-18(17-27-9-5-6-10-27)16-25-23(24-2)26-19-7-11-28(12-8-19)20-13-21(29-3)15-22(14-20)30-4;/h13-15,18-19H,5-12,16-17H2,1-4H3,(H2,24,25,26);1H. The summed E-state index contributed by atoms with van der Waals surface area (Å²) < 4.78 is 10.8. The van der Waals surface area contributed by atoms with Crippen LogP contribution in [0.4, 0.5) is 5.69 Å². The predicted octanol–water partition coefficient (Wildman–Crippen LogP) is 3.19. The first-order chi connectivity index (χ1) is 14.6. The van der Waals surface area contributed by atoms with E-state index < -0.39 is 0 Å². The molecule has 8 heteroatoms. The van der Waals surface area contributed by atoms with Gasteiger partial charge >= 0.3 is 0 Å². The molecule has 0 radical (unpaired) electrons. The second-order valence-electron chi connectivity index (χ2n) is 8.54. The number of hydrogen-bond acceptors (Lipinski definition) is 5.